The van der Waals surface area contributed by atoms with Crippen molar-refractivity contribution in [2.75, 3.05) is 7.11 Å². The zero-order valence-corrected chi connectivity index (χ0v) is 15.6. The van der Waals surface area contributed by atoms with E-state index in [9.17, 15) is 18.3 Å². The van der Waals surface area contributed by atoms with E-state index >= 15 is 0 Å². The van der Waals surface area contributed by atoms with Gasteiger partial charge in [0.25, 0.3) is 0 Å². The van der Waals surface area contributed by atoms with Crippen molar-refractivity contribution in [3.63, 3.8) is 0 Å². The number of carbonyl (C=O) groups is 1. The van der Waals surface area contributed by atoms with Crippen LogP contribution in [0, 0.1) is 5.92 Å². The van der Waals surface area contributed by atoms with Crippen molar-refractivity contribution < 1.29 is 23.1 Å². The maximum Gasteiger partial charge on any atom is 0.321 e. The van der Waals surface area contributed by atoms with Gasteiger partial charge in [0.2, 0.25) is 0 Å². The molecule has 8 heteroatoms. The van der Waals surface area contributed by atoms with Gasteiger partial charge in [0.15, 0.2) is 9.84 Å². The number of nitrogens with one attached hydrogen (secondary N) is 1. The van der Waals surface area contributed by atoms with Crippen LogP contribution in [0.2, 0.25) is 0 Å². The van der Waals surface area contributed by atoms with Crippen molar-refractivity contribution in [2.45, 2.75) is 30.2 Å². The molecule has 0 fully saturated rings. The first kappa shape index (κ1) is 19.9. The molecular formula is C18H22N2O5S. The number of nitrogens with zero attached hydrogens (tertiary/aromatic N) is 1. The second-order valence-electron chi connectivity index (χ2n) is 6.11. The predicted octanol–water partition coefficient (Wildman–Crippen LogP) is 2.26. The highest BCUT2D eigenvalue weighted by Crippen LogP contribution is 2.28. The second-order valence-corrected chi connectivity index (χ2v) is 8.15. The minimum absolute atomic E-state index is 0.0625. The SMILES string of the molecule is COc1ccc(S(=O)(=O)C(NC(C(=O)O)C(C)C)c2cccnc2)cc1. The number of aliphatic carboxylic acids is 1. The Hall–Kier alpha value is -2.45. The summed E-state index contributed by atoms with van der Waals surface area (Å²) in [5, 5.41) is 11.0. The Kier molecular flexibility index (Phi) is 6.33. The molecule has 0 aliphatic carbocycles. The van der Waals surface area contributed by atoms with Gasteiger partial charge in [-0.05, 0) is 36.2 Å². The molecule has 0 bridgehead atoms. The molecule has 0 aliphatic rings. The third-order valence-corrected chi connectivity index (χ3v) is 5.91. The van der Waals surface area contributed by atoms with Crippen molar-refractivity contribution in [3.05, 3.63) is 54.4 Å². The molecule has 0 radical (unpaired) electrons. The van der Waals surface area contributed by atoms with Gasteiger partial charge in [-0.25, -0.2) is 8.42 Å². The lowest BCUT2D eigenvalue weighted by Gasteiger charge is -2.26. The molecule has 0 saturated carbocycles. The van der Waals surface area contributed by atoms with Gasteiger partial charge in [-0.2, -0.15) is 0 Å². The van der Waals surface area contributed by atoms with Gasteiger partial charge < -0.3 is 9.84 Å². The minimum atomic E-state index is -3.91. The van der Waals surface area contributed by atoms with Crippen molar-refractivity contribution in [2.24, 2.45) is 5.92 Å². The Morgan fingerprint density at radius 1 is 1.19 bits per heavy atom. The van der Waals surface area contributed by atoms with E-state index in [1.54, 1.807) is 38.1 Å². The maximum atomic E-state index is 13.2. The lowest BCUT2D eigenvalue weighted by molar-refractivity contribution is -0.140. The summed E-state index contributed by atoms with van der Waals surface area (Å²) in [6.45, 7) is 3.43. The molecule has 0 amide bonds. The smallest absolute Gasteiger partial charge is 0.321 e. The van der Waals surface area contributed by atoms with E-state index < -0.39 is 27.2 Å². The molecule has 0 saturated heterocycles. The van der Waals surface area contributed by atoms with Crippen LogP contribution in [0.3, 0.4) is 0 Å². The number of sulfone groups is 1. The third kappa shape index (κ3) is 4.39. The van der Waals surface area contributed by atoms with Crippen LogP contribution in [0.25, 0.3) is 0 Å². The first-order valence-electron chi connectivity index (χ1n) is 8.04. The van der Waals surface area contributed by atoms with E-state index in [0.717, 1.165) is 0 Å². The fourth-order valence-corrected chi connectivity index (χ4v) is 4.12. The first-order valence-corrected chi connectivity index (χ1v) is 9.58. The fourth-order valence-electron chi connectivity index (χ4n) is 2.51. The van der Waals surface area contributed by atoms with Crippen LogP contribution in [0.4, 0.5) is 0 Å². The third-order valence-electron chi connectivity index (χ3n) is 3.95. The zero-order chi connectivity index (χ0) is 19.3. The van der Waals surface area contributed by atoms with Crippen LogP contribution in [-0.4, -0.2) is 37.6 Å². The number of aromatic nitrogens is 1. The van der Waals surface area contributed by atoms with Crippen molar-refractivity contribution >= 4 is 15.8 Å². The highest BCUT2D eigenvalue weighted by atomic mass is 32.2. The van der Waals surface area contributed by atoms with Gasteiger partial charge in [-0.3, -0.25) is 15.1 Å². The van der Waals surface area contributed by atoms with Crippen LogP contribution >= 0.6 is 0 Å². The molecule has 2 aromatic rings. The molecule has 1 heterocycles. The Labute approximate surface area is 153 Å². The molecule has 2 rings (SSSR count). The average Bonchev–Trinajstić information content (AvgIpc) is 2.62. The zero-order valence-electron chi connectivity index (χ0n) is 14.8. The average molecular weight is 378 g/mol. The summed E-state index contributed by atoms with van der Waals surface area (Å²) in [6, 6.07) is 8.14. The van der Waals surface area contributed by atoms with E-state index in [4.69, 9.17) is 4.74 Å². The van der Waals surface area contributed by atoms with Gasteiger partial charge in [0.1, 0.15) is 17.2 Å². The van der Waals surface area contributed by atoms with Gasteiger partial charge in [0.05, 0.1) is 12.0 Å². The molecule has 2 atom stereocenters. The fraction of sp³-hybridized carbons (Fsp3) is 0.333. The lowest BCUT2D eigenvalue weighted by atomic mass is 10.0. The Morgan fingerprint density at radius 2 is 1.85 bits per heavy atom. The Morgan fingerprint density at radius 3 is 2.31 bits per heavy atom. The standard InChI is InChI=1S/C18H22N2O5S/c1-12(2)16(18(21)22)20-17(13-5-4-10-19-11-13)26(23,24)15-8-6-14(25-3)7-9-15/h4-12,16-17,20H,1-3H3,(H,21,22). The maximum absolute atomic E-state index is 13.2. The summed E-state index contributed by atoms with van der Waals surface area (Å²) in [6.07, 6.45) is 2.94. The molecule has 140 valence electrons. The molecule has 0 spiro atoms. The van der Waals surface area contributed by atoms with Gasteiger partial charge in [-0.15, -0.1) is 0 Å². The highest BCUT2D eigenvalue weighted by Gasteiger charge is 2.34. The number of benzene rings is 1. The summed E-state index contributed by atoms with van der Waals surface area (Å²) in [5.74, 6) is -0.892. The first-order chi connectivity index (χ1) is 12.3. The van der Waals surface area contributed by atoms with Crippen LogP contribution in [-0.2, 0) is 14.6 Å². The largest absolute Gasteiger partial charge is 0.497 e. The molecule has 1 aromatic carbocycles. The van der Waals surface area contributed by atoms with E-state index in [-0.39, 0.29) is 10.8 Å². The number of carboxylic acids is 1. The number of methoxy groups -OCH3 is 1. The van der Waals surface area contributed by atoms with Gasteiger partial charge in [-0.1, -0.05) is 19.9 Å². The van der Waals surface area contributed by atoms with Crippen LogP contribution in [0.1, 0.15) is 24.8 Å². The normalized spacial score (nSPS) is 14.0. The molecule has 2 N–H and O–H groups in total. The molecular weight excluding hydrogens is 356 g/mol. The Bertz CT molecular complexity index is 836. The van der Waals surface area contributed by atoms with Crippen molar-refractivity contribution in [1.29, 1.82) is 0 Å². The summed E-state index contributed by atoms with van der Waals surface area (Å²) < 4.78 is 31.4. The molecule has 1 aromatic heterocycles. The van der Waals surface area contributed by atoms with E-state index in [2.05, 4.69) is 10.3 Å². The number of pyridine rings is 1. The van der Waals surface area contributed by atoms with Crippen LogP contribution < -0.4 is 10.1 Å². The molecule has 2 unspecified atom stereocenters. The lowest BCUT2D eigenvalue weighted by Crippen LogP contribution is -2.45. The monoisotopic (exact) mass is 378 g/mol. The number of carboxylic acid groups (broad SMARTS) is 1. The summed E-state index contributed by atoms with van der Waals surface area (Å²) in [5.41, 5.74) is 0.371. The second kappa shape index (κ2) is 8.29. The predicted molar refractivity (Wildman–Crippen MR) is 96.6 cm³/mol. The van der Waals surface area contributed by atoms with Gasteiger partial charge >= 0.3 is 5.97 Å². The summed E-state index contributed by atoms with van der Waals surface area (Å²) in [4.78, 5) is 15.6. The van der Waals surface area contributed by atoms with Crippen LogP contribution in [0.5, 0.6) is 5.75 Å². The number of hydrogen-bond donors (Lipinski definition) is 2. The van der Waals surface area contributed by atoms with E-state index in [1.165, 1.54) is 31.6 Å². The molecule has 26 heavy (non-hydrogen) atoms. The topological polar surface area (TPSA) is 106 Å². The summed E-state index contributed by atoms with van der Waals surface area (Å²) >= 11 is 0. The van der Waals surface area contributed by atoms with Crippen molar-refractivity contribution in [3.8, 4) is 5.75 Å². The van der Waals surface area contributed by atoms with Crippen molar-refractivity contribution in [1.82, 2.24) is 10.3 Å². The molecule has 7 nitrogen and oxygen atoms in total. The van der Waals surface area contributed by atoms with E-state index in [1.807, 2.05) is 0 Å². The van der Waals surface area contributed by atoms with E-state index in [0.29, 0.717) is 11.3 Å². The quantitative estimate of drug-likeness (QED) is 0.726. The van der Waals surface area contributed by atoms with Gasteiger partial charge in [0, 0.05) is 18.0 Å². The molecule has 0 aliphatic heterocycles. The number of hydrogen-bond acceptors (Lipinski definition) is 6. The highest BCUT2D eigenvalue weighted by molar-refractivity contribution is 7.91. The number of ether oxygens (including phenoxy) is 1. The van der Waals surface area contributed by atoms with Crippen LogP contribution in [0.15, 0.2) is 53.7 Å². The summed E-state index contributed by atoms with van der Waals surface area (Å²) in [7, 11) is -2.42. The minimum Gasteiger partial charge on any atom is -0.497 e. The number of rotatable bonds is 8. The Balaban J connectivity index is 2.50.